The van der Waals surface area contributed by atoms with Crippen molar-refractivity contribution >= 4 is 12.1 Å². The van der Waals surface area contributed by atoms with Crippen LogP contribution in [0.5, 0.6) is 17.2 Å². The summed E-state index contributed by atoms with van der Waals surface area (Å²) < 4.78 is 22.4. The van der Waals surface area contributed by atoms with Gasteiger partial charge in [-0.25, -0.2) is 9.59 Å². The number of alkyl carbamates (subject to hydrolysis) is 1. The predicted octanol–water partition coefficient (Wildman–Crippen LogP) is 5.64. The van der Waals surface area contributed by atoms with E-state index in [4.69, 9.17) is 18.9 Å². The molecule has 0 fully saturated rings. The minimum absolute atomic E-state index is 0.0117. The first-order valence-corrected chi connectivity index (χ1v) is 13.0. The van der Waals surface area contributed by atoms with Crippen molar-refractivity contribution in [2.75, 3.05) is 20.0 Å². The van der Waals surface area contributed by atoms with Crippen molar-refractivity contribution in [1.29, 1.82) is 0 Å². The van der Waals surface area contributed by atoms with E-state index in [1.165, 1.54) is 12.1 Å². The third-order valence-electron chi connectivity index (χ3n) is 7.14. The summed E-state index contributed by atoms with van der Waals surface area (Å²) in [4.78, 5) is 24.9. The predicted molar refractivity (Wildman–Crippen MR) is 147 cm³/mol. The van der Waals surface area contributed by atoms with Gasteiger partial charge in [0.2, 0.25) is 6.79 Å². The van der Waals surface area contributed by atoms with Gasteiger partial charge < -0.3 is 29.4 Å². The number of carboxylic acids is 1. The van der Waals surface area contributed by atoms with Crippen LogP contribution in [0.3, 0.4) is 0 Å². The molecule has 2 aliphatic rings. The summed E-state index contributed by atoms with van der Waals surface area (Å²) in [5.74, 6) is -0.332. The summed E-state index contributed by atoms with van der Waals surface area (Å²) in [6.45, 7) is 0.209. The number of ether oxygens (including phenoxy) is 4. The molecule has 8 nitrogen and oxygen atoms in total. The SMILES string of the molecule is O=C(N[C@@H](COc1cc2c(cc1C(=O)O)OCO2)Cc1ccccc1)OCC1c2ccccc2-c2ccccc21. The first kappa shape index (κ1) is 25.3. The second-order valence-electron chi connectivity index (χ2n) is 9.67. The molecule has 0 spiro atoms. The highest BCUT2D eigenvalue weighted by Gasteiger charge is 2.29. The van der Waals surface area contributed by atoms with E-state index >= 15 is 0 Å². The van der Waals surface area contributed by atoms with E-state index in [1.54, 1.807) is 0 Å². The van der Waals surface area contributed by atoms with Crippen molar-refractivity contribution in [2.45, 2.75) is 18.4 Å². The molecule has 4 aromatic rings. The van der Waals surface area contributed by atoms with Crippen LogP contribution in [-0.4, -0.2) is 43.2 Å². The molecule has 0 aromatic heterocycles. The van der Waals surface area contributed by atoms with Gasteiger partial charge in [0.25, 0.3) is 0 Å². The van der Waals surface area contributed by atoms with Gasteiger partial charge in [-0.2, -0.15) is 0 Å². The molecule has 6 rings (SSSR count). The van der Waals surface area contributed by atoms with E-state index in [0.29, 0.717) is 17.9 Å². The summed E-state index contributed by atoms with van der Waals surface area (Å²) >= 11 is 0. The third-order valence-corrected chi connectivity index (χ3v) is 7.14. The second kappa shape index (κ2) is 11.0. The molecule has 0 saturated heterocycles. The number of fused-ring (bicyclic) bond motifs is 4. The standard InChI is InChI=1S/C32H27NO7/c34-31(35)26-15-29-30(40-19-39-29)16-28(26)37-17-21(14-20-8-2-1-3-9-20)33-32(36)38-18-27-24-12-6-4-10-22(24)23-11-5-7-13-25(23)27/h1-13,15-16,21,27H,14,17-19H2,(H,33,36)(H,34,35)/t21-/m1/s1. The maximum Gasteiger partial charge on any atom is 0.407 e. The van der Waals surface area contributed by atoms with Gasteiger partial charge in [0.1, 0.15) is 24.5 Å². The highest BCUT2D eigenvalue weighted by atomic mass is 16.7. The van der Waals surface area contributed by atoms with Gasteiger partial charge >= 0.3 is 12.1 Å². The van der Waals surface area contributed by atoms with Crippen molar-refractivity contribution in [3.8, 4) is 28.4 Å². The largest absolute Gasteiger partial charge is 0.490 e. The number of nitrogens with one attached hydrogen (secondary N) is 1. The molecule has 202 valence electrons. The van der Waals surface area contributed by atoms with Gasteiger partial charge in [-0.1, -0.05) is 78.9 Å². The summed E-state index contributed by atoms with van der Waals surface area (Å²) in [5.41, 5.74) is 5.50. The van der Waals surface area contributed by atoms with E-state index in [0.717, 1.165) is 27.8 Å². The molecule has 2 N–H and O–H groups in total. The van der Waals surface area contributed by atoms with Crippen LogP contribution in [-0.2, 0) is 11.2 Å². The minimum Gasteiger partial charge on any atom is -0.490 e. The number of benzene rings is 4. The minimum atomic E-state index is -1.16. The summed E-state index contributed by atoms with van der Waals surface area (Å²) in [7, 11) is 0. The Labute approximate surface area is 231 Å². The lowest BCUT2D eigenvalue weighted by molar-refractivity contribution is 0.0690. The van der Waals surface area contributed by atoms with Gasteiger partial charge in [0, 0.05) is 18.1 Å². The molecule has 8 heteroatoms. The third kappa shape index (κ3) is 5.16. The van der Waals surface area contributed by atoms with Gasteiger partial charge in [0.05, 0.1) is 6.04 Å². The Morgan fingerprint density at radius 2 is 1.50 bits per heavy atom. The van der Waals surface area contributed by atoms with Crippen LogP contribution in [0.4, 0.5) is 4.79 Å². The fourth-order valence-corrected chi connectivity index (χ4v) is 5.26. The molecular formula is C32H27NO7. The molecule has 1 amide bonds. The van der Waals surface area contributed by atoms with Gasteiger partial charge in [-0.15, -0.1) is 0 Å². The first-order valence-electron chi connectivity index (χ1n) is 13.0. The Hall–Kier alpha value is -4.98. The van der Waals surface area contributed by atoms with Crippen LogP contribution in [0, 0.1) is 0 Å². The second-order valence-corrected chi connectivity index (χ2v) is 9.67. The average molecular weight is 538 g/mol. The lowest BCUT2D eigenvalue weighted by Crippen LogP contribution is -2.41. The fourth-order valence-electron chi connectivity index (χ4n) is 5.26. The molecule has 0 saturated carbocycles. The van der Waals surface area contributed by atoms with Crippen LogP contribution < -0.4 is 19.5 Å². The monoisotopic (exact) mass is 537 g/mol. The highest BCUT2D eigenvalue weighted by molar-refractivity contribution is 5.92. The quantitative estimate of drug-likeness (QED) is 0.285. The number of carbonyl (C=O) groups is 2. The van der Waals surface area contributed by atoms with Gasteiger partial charge in [-0.3, -0.25) is 0 Å². The van der Waals surface area contributed by atoms with Crippen molar-refractivity contribution in [3.05, 3.63) is 113 Å². The van der Waals surface area contributed by atoms with Crippen molar-refractivity contribution in [2.24, 2.45) is 0 Å². The maximum atomic E-state index is 13.0. The lowest BCUT2D eigenvalue weighted by atomic mass is 9.98. The zero-order chi connectivity index (χ0) is 27.5. The zero-order valence-corrected chi connectivity index (χ0v) is 21.5. The van der Waals surface area contributed by atoms with E-state index in [2.05, 4.69) is 29.6 Å². The maximum absolute atomic E-state index is 13.0. The van der Waals surface area contributed by atoms with Gasteiger partial charge in [0.15, 0.2) is 11.5 Å². The number of aromatic carboxylic acids is 1. The Bertz CT molecular complexity index is 1510. The normalized spacial score (nSPS) is 13.7. The molecule has 1 atom stereocenters. The molecule has 0 unspecified atom stereocenters. The molecule has 40 heavy (non-hydrogen) atoms. The number of amides is 1. The highest BCUT2D eigenvalue weighted by Crippen LogP contribution is 2.44. The summed E-state index contributed by atoms with van der Waals surface area (Å²) in [5, 5.41) is 12.6. The average Bonchev–Trinajstić information content (AvgIpc) is 3.57. The number of hydrogen-bond donors (Lipinski definition) is 2. The van der Waals surface area contributed by atoms with Crippen LogP contribution in [0.1, 0.15) is 33.0 Å². The van der Waals surface area contributed by atoms with Crippen molar-refractivity contribution in [1.82, 2.24) is 5.32 Å². The first-order chi connectivity index (χ1) is 19.6. The number of rotatable bonds is 9. The van der Waals surface area contributed by atoms with Gasteiger partial charge in [-0.05, 0) is 34.2 Å². The van der Waals surface area contributed by atoms with E-state index in [9.17, 15) is 14.7 Å². The Morgan fingerprint density at radius 1 is 0.875 bits per heavy atom. The molecule has 1 aliphatic heterocycles. The zero-order valence-electron chi connectivity index (χ0n) is 21.5. The lowest BCUT2D eigenvalue weighted by Gasteiger charge is -2.21. The summed E-state index contributed by atoms with van der Waals surface area (Å²) in [6, 6.07) is 28.4. The smallest absolute Gasteiger partial charge is 0.407 e. The van der Waals surface area contributed by atoms with E-state index in [1.807, 2.05) is 54.6 Å². The summed E-state index contributed by atoms with van der Waals surface area (Å²) in [6.07, 6.45) is -0.117. The molecule has 4 aromatic carbocycles. The van der Waals surface area contributed by atoms with E-state index < -0.39 is 18.1 Å². The molecular weight excluding hydrogens is 510 g/mol. The number of hydrogen-bond acceptors (Lipinski definition) is 6. The van der Waals surface area contributed by atoms with Crippen molar-refractivity contribution < 1.29 is 33.6 Å². The van der Waals surface area contributed by atoms with Crippen LogP contribution in [0.15, 0.2) is 91.0 Å². The Morgan fingerprint density at radius 3 is 2.17 bits per heavy atom. The molecule has 0 bridgehead atoms. The molecule has 1 heterocycles. The van der Waals surface area contributed by atoms with E-state index in [-0.39, 0.29) is 37.2 Å². The number of carbonyl (C=O) groups excluding carboxylic acids is 1. The molecule has 1 aliphatic carbocycles. The number of carboxylic acid groups (broad SMARTS) is 1. The van der Waals surface area contributed by atoms with Crippen LogP contribution in [0.2, 0.25) is 0 Å². The fraction of sp³-hybridized carbons (Fsp3) is 0.188. The van der Waals surface area contributed by atoms with Crippen LogP contribution in [0.25, 0.3) is 11.1 Å². The van der Waals surface area contributed by atoms with Crippen molar-refractivity contribution in [3.63, 3.8) is 0 Å². The molecule has 0 radical (unpaired) electrons. The topological polar surface area (TPSA) is 103 Å². The Kier molecular flexibility index (Phi) is 6.97. The Balaban J connectivity index is 1.16. The van der Waals surface area contributed by atoms with Crippen LogP contribution >= 0.6 is 0 Å².